The first-order valence-corrected chi connectivity index (χ1v) is 16.3. The number of allylic oxidation sites excluding steroid dienone is 2. The summed E-state index contributed by atoms with van der Waals surface area (Å²) in [5.41, 5.74) is 1.40. The van der Waals surface area contributed by atoms with Gasteiger partial charge in [0, 0.05) is 17.4 Å². The Morgan fingerprint density at radius 2 is 1.73 bits per heavy atom. The molecule has 1 aromatic rings. The minimum Gasteiger partial charge on any atom is -0.458 e. The lowest BCUT2D eigenvalue weighted by molar-refractivity contribution is -0.134. The van der Waals surface area contributed by atoms with Crippen molar-refractivity contribution in [2.24, 2.45) is 45.3 Å². The van der Waals surface area contributed by atoms with Crippen molar-refractivity contribution in [1.82, 2.24) is 0 Å². The van der Waals surface area contributed by atoms with Crippen LogP contribution in [0.2, 0.25) is 0 Å². The second kappa shape index (κ2) is 10.7. The van der Waals surface area contributed by atoms with Crippen LogP contribution in [0.3, 0.4) is 0 Å². The number of hydrogen-bond acceptors (Lipinski definition) is 4. The number of ketones is 1. The van der Waals surface area contributed by atoms with E-state index in [2.05, 4.69) is 54.5 Å². The van der Waals surface area contributed by atoms with Gasteiger partial charge < -0.3 is 4.74 Å². The average Bonchev–Trinajstić information content (AvgIpc) is 3.25. The molecule has 0 spiro atoms. The molecule has 0 radical (unpaired) electrons. The number of fused-ring (bicyclic) bond motifs is 4. The number of benzene rings is 1. The van der Waals surface area contributed by atoms with E-state index < -0.39 is 5.41 Å². The Kier molecular flexibility index (Phi) is 7.84. The molecule has 0 amide bonds. The molecule has 4 aliphatic carbocycles. The third-order valence-corrected chi connectivity index (χ3v) is 12.6. The van der Waals surface area contributed by atoms with Gasteiger partial charge in [-0.3, -0.25) is 4.79 Å². The summed E-state index contributed by atoms with van der Waals surface area (Å²) in [6.07, 6.45) is 9.30. The van der Waals surface area contributed by atoms with E-state index in [0.717, 1.165) is 50.0 Å². The van der Waals surface area contributed by atoms with Crippen molar-refractivity contribution in [2.75, 3.05) is 0 Å². The highest BCUT2D eigenvalue weighted by molar-refractivity contribution is 6.00. The lowest BCUT2D eigenvalue weighted by atomic mass is 9.43. The van der Waals surface area contributed by atoms with E-state index in [1.165, 1.54) is 24.8 Å². The average molecular weight is 558 g/mol. The van der Waals surface area contributed by atoms with Gasteiger partial charge in [-0.05, 0) is 85.2 Å². The molecule has 0 aliphatic heterocycles. The molecule has 4 nitrogen and oxygen atoms in total. The number of Topliss-reactive ketones (excluding diaryl/α,β-unsaturated/α-hetero) is 1. The summed E-state index contributed by atoms with van der Waals surface area (Å²) >= 11 is 0. The second-order valence-corrected chi connectivity index (χ2v) is 15.5. The van der Waals surface area contributed by atoms with Crippen LogP contribution in [-0.4, -0.2) is 17.9 Å². The van der Waals surface area contributed by atoms with Gasteiger partial charge in [-0.25, -0.2) is 4.79 Å². The van der Waals surface area contributed by atoms with Gasteiger partial charge in [0.25, 0.3) is 0 Å². The van der Waals surface area contributed by atoms with E-state index in [1.807, 2.05) is 18.2 Å². The molecule has 4 aliphatic rings. The van der Waals surface area contributed by atoms with Crippen molar-refractivity contribution in [1.29, 1.82) is 5.26 Å². The first kappa shape index (κ1) is 30.1. The Hall–Kier alpha value is -2.41. The number of nitrogens with zero attached hydrogens (tertiary/aromatic N) is 1. The molecule has 0 saturated heterocycles. The normalized spacial score (nSPS) is 36.7. The van der Waals surface area contributed by atoms with Crippen LogP contribution in [0.1, 0.15) is 123 Å². The second-order valence-electron chi connectivity index (χ2n) is 15.5. The zero-order valence-corrected chi connectivity index (χ0v) is 26.5. The number of carbonyl (C=O) groups excluding carboxylic acids is 2. The quantitative estimate of drug-likeness (QED) is 0.314. The highest BCUT2D eigenvalue weighted by atomic mass is 16.5. The van der Waals surface area contributed by atoms with Gasteiger partial charge in [0.2, 0.25) is 0 Å². The van der Waals surface area contributed by atoms with Crippen LogP contribution in [-0.2, 0) is 9.53 Å². The summed E-state index contributed by atoms with van der Waals surface area (Å²) in [4.78, 5) is 27.3. The fourth-order valence-corrected chi connectivity index (χ4v) is 10.2. The molecule has 5 rings (SSSR count). The van der Waals surface area contributed by atoms with E-state index in [-0.39, 0.29) is 40.0 Å². The van der Waals surface area contributed by atoms with Crippen LogP contribution >= 0.6 is 0 Å². The van der Waals surface area contributed by atoms with Crippen molar-refractivity contribution in [3.8, 4) is 6.07 Å². The monoisotopic (exact) mass is 557 g/mol. The molecular formula is C37H51NO3. The summed E-state index contributed by atoms with van der Waals surface area (Å²) < 4.78 is 6.15. The number of nitriles is 1. The molecule has 0 unspecified atom stereocenters. The maximum absolute atomic E-state index is 14.3. The molecule has 0 aromatic heterocycles. The highest BCUT2D eigenvalue weighted by Crippen LogP contribution is 2.72. The molecule has 2 fully saturated rings. The van der Waals surface area contributed by atoms with Crippen LogP contribution in [0.5, 0.6) is 0 Å². The number of rotatable bonds is 7. The number of carbonyl (C=O) groups is 2. The Bertz CT molecular complexity index is 1250. The van der Waals surface area contributed by atoms with Crippen molar-refractivity contribution in [3.05, 3.63) is 47.0 Å². The molecule has 7 atom stereocenters. The topological polar surface area (TPSA) is 67.2 Å². The maximum atomic E-state index is 14.3. The number of ether oxygens (including phenoxy) is 1. The highest BCUT2D eigenvalue weighted by Gasteiger charge is 2.67. The Morgan fingerprint density at radius 1 is 1.02 bits per heavy atom. The van der Waals surface area contributed by atoms with Gasteiger partial charge in [-0.15, -0.1) is 0 Å². The van der Waals surface area contributed by atoms with Crippen LogP contribution in [0.4, 0.5) is 0 Å². The Balaban J connectivity index is 1.45. The summed E-state index contributed by atoms with van der Waals surface area (Å²) in [5.74, 6) is 1.74. The first-order valence-electron chi connectivity index (χ1n) is 16.3. The Labute approximate surface area is 248 Å². The molecule has 1 aromatic carbocycles. The predicted molar refractivity (Wildman–Crippen MR) is 163 cm³/mol. The van der Waals surface area contributed by atoms with E-state index in [4.69, 9.17) is 4.74 Å². The van der Waals surface area contributed by atoms with E-state index >= 15 is 0 Å². The van der Waals surface area contributed by atoms with Crippen molar-refractivity contribution in [2.45, 2.75) is 119 Å². The van der Waals surface area contributed by atoms with Gasteiger partial charge in [0.05, 0.1) is 17.0 Å². The summed E-state index contributed by atoms with van der Waals surface area (Å²) in [6, 6.07) is 12.0. The maximum Gasteiger partial charge on any atom is 0.338 e. The largest absolute Gasteiger partial charge is 0.458 e. The van der Waals surface area contributed by atoms with Gasteiger partial charge in [-0.1, -0.05) is 91.5 Å². The number of esters is 1. The minimum absolute atomic E-state index is 0.0795. The SMILES string of the molecule is CC(C)CCC[C@@H](C)[C@H]1CC[C@@]2(C#N)C3=C(CC[C@]12C)[C@@]1(C)CC[C@H](OC(=O)c2ccccc2)C(C)(C)[C@@H]1CC3=O. The minimum atomic E-state index is -0.677. The van der Waals surface area contributed by atoms with Crippen LogP contribution in [0.15, 0.2) is 41.5 Å². The molecule has 222 valence electrons. The fourth-order valence-electron chi connectivity index (χ4n) is 10.2. The molecule has 2 saturated carbocycles. The predicted octanol–water partition coefficient (Wildman–Crippen LogP) is 9.11. The Morgan fingerprint density at radius 3 is 2.39 bits per heavy atom. The van der Waals surface area contributed by atoms with Gasteiger partial charge >= 0.3 is 5.97 Å². The van der Waals surface area contributed by atoms with E-state index in [0.29, 0.717) is 23.8 Å². The van der Waals surface area contributed by atoms with E-state index in [9.17, 15) is 14.9 Å². The third-order valence-electron chi connectivity index (χ3n) is 12.6. The molecule has 0 bridgehead atoms. The zero-order valence-electron chi connectivity index (χ0n) is 26.5. The van der Waals surface area contributed by atoms with Gasteiger partial charge in [-0.2, -0.15) is 5.26 Å². The fraction of sp³-hybridized carbons (Fsp3) is 0.703. The van der Waals surface area contributed by atoms with Gasteiger partial charge in [0.1, 0.15) is 6.10 Å². The van der Waals surface area contributed by atoms with Crippen LogP contribution in [0.25, 0.3) is 0 Å². The third kappa shape index (κ3) is 4.61. The van der Waals surface area contributed by atoms with Crippen molar-refractivity contribution in [3.63, 3.8) is 0 Å². The summed E-state index contributed by atoms with van der Waals surface area (Å²) in [7, 11) is 0. The standard InChI is InChI=1S/C37H51NO3/c1-24(2)12-11-13-25(3)27-17-21-37(23-38)32-28(16-20-36(27,37)7)35(6)19-18-31(34(4,5)30(35)22-29(32)39)41-33(40)26-14-9-8-10-15-26/h8-10,14-15,24-25,27,30-31H,11-13,16-22H2,1-7H3/t25-,27-,30+,31+,35-,36-,37-/m1/s1. The summed E-state index contributed by atoms with van der Waals surface area (Å²) in [6.45, 7) is 16.1. The smallest absolute Gasteiger partial charge is 0.338 e. The summed E-state index contributed by atoms with van der Waals surface area (Å²) in [5, 5.41) is 11.0. The molecule has 4 heteroatoms. The number of hydrogen-bond donors (Lipinski definition) is 0. The molecule has 0 heterocycles. The molecule has 41 heavy (non-hydrogen) atoms. The molecular weight excluding hydrogens is 506 g/mol. The zero-order chi connectivity index (χ0) is 29.8. The van der Waals surface area contributed by atoms with Crippen LogP contribution < -0.4 is 0 Å². The van der Waals surface area contributed by atoms with Crippen molar-refractivity contribution >= 4 is 11.8 Å². The lowest BCUT2D eigenvalue weighted by Crippen LogP contribution is -2.58. The first-order chi connectivity index (χ1) is 19.3. The molecule has 0 N–H and O–H groups in total. The lowest BCUT2D eigenvalue weighted by Gasteiger charge is -2.60. The van der Waals surface area contributed by atoms with Crippen molar-refractivity contribution < 1.29 is 14.3 Å². The van der Waals surface area contributed by atoms with Gasteiger partial charge in [0.15, 0.2) is 5.78 Å². The van der Waals surface area contributed by atoms with E-state index in [1.54, 1.807) is 12.1 Å². The van der Waals surface area contributed by atoms with Crippen LogP contribution in [0, 0.1) is 56.7 Å².